The SMILES string of the molecule is CC(C)(C)[C@@H]1Oc2ccccc2[C@@H]2CC(c3ccccc3)=NN12. The number of para-hydroxylation sites is 1. The lowest BCUT2D eigenvalue weighted by Gasteiger charge is -2.44. The molecule has 0 radical (unpaired) electrons. The highest BCUT2D eigenvalue weighted by Gasteiger charge is 2.44. The quantitative estimate of drug-likeness (QED) is 0.769. The Hall–Kier alpha value is -2.29. The second kappa shape index (κ2) is 5.12. The molecule has 0 bridgehead atoms. The third kappa shape index (κ3) is 2.40. The van der Waals surface area contributed by atoms with Crippen molar-refractivity contribution in [3.05, 3.63) is 65.7 Å². The van der Waals surface area contributed by atoms with Gasteiger partial charge in [0.2, 0.25) is 0 Å². The summed E-state index contributed by atoms with van der Waals surface area (Å²) in [5.74, 6) is 0.998. The zero-order valence-electron chi connectivity index (χ0n) is 13.9. The number of ether oxygens (including phenoxy) is 1. The van der Waals surface area contributed by atoms with Gasteiger partial charge in [-0.2, -0.15) is 5.10 Å². The first kappa shape index (κ1) is 14.3. The van der Waals surface area contributed by atoms with Gasteiger partial charge in [-0.15, -0.1) is 0 Å². The molecule has 2 aliphatic heterocycles. The summed E-state index contributed by atoms with van der Waals surface area (Å²) in [5, 5.41) is 7.12. The van der Waals surface area contributed by atoms with Crippen molar-refractivity contribution in [1.29, 1.82) is 0 Å². The average molecular weight is 306 g/mol. The summed E-state index contributed by atoms with van der Waals surface area (Å²) >= 11 is 0. The van der Waals surface area contributed by atoms with E-state index in [-0.39, 0.29) is 17.7 Å². The van der Waals surface area contributed by atoms with E-state index in [1.807, 2.05) is 12.1 Å². The van der Waals surface area contributed by atoms with Gasteiger partial charge >= 0.3 is 0 Å². The topological polar surface area (TPSA) is 24.8 Å². The van der Waals surface area contributed by atoms with Crippen LogP contribution in [0.5, 0.6) is 5.75 Å². The standard InChI is InChI=1S/C20H22N2O/c1-20(2,3)19-22-17(15-11-7-8-12-18(15)23-19)13-16(21-22)14-9-5-4-6-10-14/h4-12,17,19H,13H2,1-3H3/t17-,19-/m0/s1. The van der Waals surface area contributed by atoms with Gasteiger partial charge in [0.25, 0.3) is 0 Å². The number of nitrogens with zero attached hydrogens (tertiary/aromatic N) is 2. The number of fused-ring (bicyclic) bond motifs is 3. The predicted octanol–water partition coefficient (Wildman–Crippen LogP) is 4.60. The minimum Gasteiger partial charge on any atom is -0.468 e. The molecule has 2 aromatic carbocycles. The summed E-state index contributed by atoms with van der Waals surface area (Å²) in [7, 11) is 0. The number of hydrogen-bond acceptors (Lipinski definition) is 3. The Bertz CT molecular complexity index is 746. The summed E-state index contributed by atoms with van der Waals surface area (Å²) in [6.45, 7) is 6.62. The fraction of sp³-hybridized carbons (Fsp3) is 0.350. The molecule has 2 aromatic rings. The Kier molecular flexibility index (Phi) is 3.19. The van der Waals surface area contributed by atoms with Crippen molar-refractivity contribution in [2.24, 2.45) is 10.5 Å². The molecule has 3 nitrogen and oxygen atoms in total. The number of benzene rings is 2. The molecule has 0 fully saturated rings. The molecule has 0 N–H and O–H groups in total. The summed E-state index contributed by atoms with van der Waals surface area (Å²) < 4.78 is 6.31. The van der Waals surface area contributed by atoms with Gasteiger partial charge in [0.1, 0.15) is 5.75 Å². The van der Waals surface area contributed by atoms with Crippen molar-refractivity contribution in [3.8, 4) is 5.75 Å². The summed E-state index contributed by atoms with van der Waals surface area (Å²) in [5.41, 5.74) is 3.57. The Labute approximate surface area is 137 Å². The maximum Gasteiger partial charge on any atom is 0.192 e. The maximum absolute atomic E-state index is 6.31. The molecule has 2 heterocycles. The van der Waals surface area contributed by atoms with Crippen LogP contribution in [-0.4, -0.2) is 16.9 Å². The van der Waals surface area contributed by atoms with Crippen molar-refractivity contribution in [1.82, 2.24) is 5.01 Å². The molecule has 23 heavy (non-hydrogen) atoms. The first-order chi connectivity index (χ1) is 11.0. The molecule has 2 aliphatic rings. The van der Waals surface area contributed by atoms with Gasteiger partial charge in [0.05, 0.1) is 11.8 Å². The first-order valence-corrected chi connectivity index (χ1v) is 8.21. The summed E-state index contributed by atoms with van der Waals surface area (Å²) in [6, 6.07) is 19.1. The minimum atomic E-state index is -0.0522. The highest BCUT2D eigenvalue weighted by atomic mass is 16.5. The molecular formula is C20H22N2O. The van der Waals surface area contributed by atoms with Crippen LogP contribution in [0.1, 0.15) is 44.4 Å². The van der Waals surface area contributed by atoms with Crippen LogP contribution in [0.3, 0.4) is 0 Å². The molecule has 3 heteroatoms. The van der Waals surface area contributed by atoms with Gasteiger partial charge in [0.15, 0.2) is 6.23 Å². The Morgan fingerprint density at radius 1 is 1.00 bits per heavy atom. The molecular weight excluding hydrogens is 284 g/mol. The van der Waals surface area contributed by atoms with E-state index in [4.69, 9.17) is 9.84 Å². The normalized spacial score (nSPS) is 22.9. The second-order valence-electron chi connectivity index (χ2n) is 7.39. The van der Waals surface area contributed by atoms with Crippen molar-refractivity contribution >= 4 is 5.71 Å². The van der Waals surface area contributed by atoms with Crippen molar-refractivity contribution < 1.29 is 4.74 Å². The molecule has 0 spiro atoms. The van der Waals surface area contributed by atoms with Gasteiger partial charge in [-0.05, 0) is 11.6 Å². The van der Waals surface area contributed by atoms with E-state index in [2.05, 4.69) is 68.2 Å². The number of hydrazone groups is 1. The smallest absolute Gasteiger partial charge is 0.192 e. The number of hydrogen-bond donors (Lipinski definition) is 0. The molecule has 0 saturated carbocycles. The van der Waals surface area contributed by atoms with Crippen LogP contribution in [-0.2, 0) is 0 Å². The van der Waals surface area contributed by atoms with Crippen LogP contribution in [0.2, 0.25) is 0 Å². The fourth-order valence-corrected chi connectivity index (χ4v) is 3.41. The van der Waals surface area contributed by atoms with Crippen LogP contribution >= 0.6 is 0 Å². The fourth-order valence-electron chi connectivity index (χ4n) is 3.41. The highest BCUT2D eigenvalue weighted by Crippen LogP contribution is 2.46. The largest absolute Gasteiger partial charge is 0.468 e. The lowest BCUT2D eigenvalue weighted by atomic mass is 9.89. The van der Waals surface area contributed by atoms with Gasteiger partial charge in [-0.1, -0.05) is 69.3 Å². The van der Waals surface area contributed by atoms with E-state index >= 15 is 0 Å². The lowest BCUT2D eigenvalue weighted by Crippen LogP contribution is -2.48. The van der Waals surface area contributed by atoms with Gasteiger partial charge in [-0.3, -0.25) is 0 Å². The molecule has 0 aliphatic carbocycles. The van der Waals surface area contributed by atoms with Crippen molar-refractivity contribution in [2.45, 2.75) is 39.5 Å². The van der Waals surface area contributed by atoms with E-state index < -0.39 is 0 Å². The van der Waals surface area contributed by atoms with E-state index in [1.54, 1.807) is 0 Å². The Morgan fingerprint density at radius 3 is 2.43 bits per heavy atom. The van der Waals surface area contributed by atoms with Crippen molar-refractivity contribution in [3.63, 3.8) is 0 Å². The maximum atomic E-state index is 6.31. The van der Waals surface area contributed by atoms with Crippen LogP contribution in [0.15, 0.2) is 59.7 Å². The first-order valence-electron chi connectivity index (χ1n) is 8.21. The van der Waals surface area contributed by atoms with Gasteiger partial charge in [-0.25, -0.2) is 5.01 Å². The van der Waals surface area contributed by atoms with E-state index in [0.717, 1.165) is 17.9 Å². The zero-order chi connectivity index (χ0) is 16.0. The van der Waals surface area contributed by atoms with Crippen LogP contribution < -0.4 is 4.74 Å². The van der Waals surface area contributed by atoms with Gasteiger partial charge in [0, 0.05) is 17.4 Å². The molecule has 0 amide bonds. The zero-order valence-corrected chi connectivity index (χ0v) is 13.9. The number of rotatable bonds is 1. The van der Waals surface area contributed by atoms with Crippen LogP contribution in [0, 0.1) is 5.41 Å². The highest BCUT2D eigenvalue weighted by molar-refractivity contribution is 6.01. The van der Waals surface area contributed by atoms with Crippen LogP contribution in [0.4, 0.5) is 0 Å². The molecule has 0 unspecified atom stereocenters. The average Bonchev–Trinajstić information content (AvgIpc) is 2.99. The van der Waals surface area contributed by atoms with Crippen molar-refractivity contribution in [2.75, 3.05) is 0 Å². The minimum absolute atomic E-state index is 0.0125. The van der Waals surface area contributed by atoms with E-state index in [9.17, 15) is 0 Å². The monoisotopic (exact) mass is 306 g/mol. The molecule has 0 aromatic heterocycles. The lowest BCUT2D eigenvalue weighted by molar-refractivity contribution is -0.0825. The molecule has 2 atom stereocenters. The molecule has 0 saturated heterocycles. The Morgan fingerprint density at radius 2 is 1.70 bits per heavy atom. The second-order valence-corrected chi connectivity index (χ2v) is 7.39. The molecule has 118 valence electrons. The summed E-state index contributed by atoms with van der Waals surface area (Å²) in [6.07, 6.45) is 0.875. The summed E-state index contributed by atoms with van der Waals surface area (Å²) in [4.78, 5) is 0. The third-order valence-electron chi connectivity index (χ3n) is 4.55. The third-order valence-corrected chi connectivity index (χ3v) is 4.55. The molecule has 4 rings (SSSR count). The predicted molar refractivity (Wildman–Crippen MR) is 92.5 cm³/mol. The van der Waals surface area contributed by atoms with E-state index in [0.29, 0.717) is 0 Å². The van der Waals surface area contributed by atoms with Crippen LogP contribution in [0.25, 0.3) is 0 Å². The van der Waals surface area contributed by atoms with E-state index in [1.165, 1.54) is 11.1 Å². The van der Waals surface area contributed by atoms with Gasteiger partial charge < -0.3 is 4.74 Å². The Balaban J connectivity index is 1.78.